The lowest BCUT2D eigenvalue weighted by molar-refractivity contribution is 1.10. The third kappa shape index (κ3) is 8.05. The minimum Gasteiger partial charge on any atom is -0.260 e. The van der Waals surface area contributed by atoms with Gasteiger partial charge >= 0.3 is 0 Å². The fourth-order valence-corrected chi connectivity index (χ4v) is 0.812. The molecular formula is C7H15NS. The zero-order chi connectivity index (χ0) is 7.11. The van der Waals surface area contributed by atoms with Gasteiger partial charge in [0.25, 0.3) is 0 Å². The number of rotatable bonds is 4. The summed E-state index contributed by atoms with van der Waals surface area (Å²) in [5, 5.41) is 0. The van der Waals surface area contributed by atoms with Gasteiger partial charge in [-0.2, -0.15) is 0 Å². The predicted molar refractivity (Wildman–Crippen MR) is 45.6 cm³/mol. The molecule has 1 N–H and O–H groups in total. The molecule has 0 aliphatic carbocycles. The molecule has 0 spiro atoms. The van der Waals surface area contributed by atoms with Crippen molar-refractivity contribution in [3.8, 4) is 0 Å². The minimum absolute atomic E-state index is 0.987. The maximum Gasteiger partial charge on any atom is 0.0242 e. The van der Waals surface area contributed by atoms with Gasteiger partial charge in [0.15, 0.2) is 0 Å². The highest BCUT2D eigenvalue weighted by atomic mass is 32.2. The van der Waals surface area contributed by atoms with Crippen LogP contribution in [0.2, 0.25) is 0 Å². The molecule has 0 aromatic rings. The molecule has 0 aliphatic rings. The van der Waals surface area contributed by atoms with Gasteiger partial charge in [-0.3, -0.25) is 4.72 Å². The summed E-state index contributed by atoms with van der Waals surface area (Å²) in [5.74, 6) is 1.14. The Balaban J connectivity index is 3.00. The number of hydrogen-bond donors (Lipinski definition) is 1. The third-order valence-corrected chi connectivity index (χ3v) is 1.50. The monoisotopic (exact) mass is 145 g/mol. The Morgan fingerprint density at radius 1 is 1.56 bits per heavy atom. The van der Waals surface area contributed by atoms with Crippen molar-refractivity contribution in [2.75, 3.05) is 12.3 Å². The Bertz CT molecular complexity index is 84.9. The topological polar surface area (TPSA) is 12.0 Å². The van der Waals surface area contributed by atoms with Crippen molar-refractivity contribution >= 4 is 11.9 Å². The Morgan fingerprint density at radius 2 is 2.22 bits per heavy atom. The Morgan fingerprint density at radius 3 is 2.67 bits per heavy atom. The lowest BCUT2D eigenvalue weighted by Crippen LogP contribution is -2.02. The van der Waals surface area contributed by atoms with E-state index >= 15 is 0 Å². The highest BCUT2D eigenvalue weighted by molar-refractivity contribution is 7.97. The standard InChI is InChI=1S/C7H15NS/c1-4-9-8-6-5-7(2)3/h5,8H,4,6H2,1-3H3. The van der Waals surface area contributed by atoms with Crippen LogP contribution in [0.5, 0.6) is 0 Å². The average molecular weight is 145 g/mol. The van der Waals surface area contributed by atoms with E-state index in [0.717, 1.165) is 12.3 Å². The minimum atomic E-state index is 0.987. The summed E-state index contributed by atoms with van der Waals surface area (Å²) >= 11 is 1.76. The Hall–Kier alpha value is 0.0500. The van der Waals surface area contributed by atoms with Gasteiger partial charge in [0.05, 0.1) is 0 Å². The van der Waals surface area contributed by atoms with Crippen LogP contribution in [0.15, 0.2) is 11.6 Å². The van der Waals surface area contributed by atoms with E-state index in [-0.39, 0.29) is 0 Å². The molecular weight excluding hydrogens is 130 g/mol. The van der Waals surface area contributed by atoms with Crippen LogP contribution >= 0.6 is 11.9 Å². The van der Waals surface area contributed by atoms with Crippen LogP contribution < -0.4 is 4.72 Å². The summed E-state index contributed by atoms with van der Waals surface area (Å²) in [5.41, 5.74) is 1.37. The molecule has 54 valence electrons. The van der Waals surface area contributed by atoms with E-state index in [4.69, 9.17) is 0 Å². The first-order chi connectivity index (χ1) is 4.27. The molecule has 0 rings (SSSR count). The fraction of sp³-hybridized carbons (Fsp3) is 0.714. The van der Waals surface area contributed by atoms with Crippen molar-refractivity contribution in [2.45, 2.75) is 20.8 Å². The van der Waals surface area contributed by atoms with E-state index in [0.29, 0.717) is 0 Å². The van der Waals surface area contributed by atoms with Crippen LogP contribution in [0.25, 0.3) is 0 Å². The second kappa shape index (κ2) is 6.17. The second-order valence-electron chi connectivity index (χ2n) is 2.06. The molecule has 0 aromatic heterocycles. The summed E-state index contributed by atoms with van der Waals surface area (Å²) < 4.78 is 3.21. The molecule has 0 aromatic carbocycles. The normalized spacial score (nSPS) is 9.22. The highest BCUT2D eigenvalue weighted by Gasteiger charge is 1.79. The van der Waals surface area contributed by atoms with Gasteiger partial charge in [0.2, 0.25) is 0 Å². The number of nitrogens with one attached hydrogen (secondary N) is 1. The Labute approximate surface area is 62.0 Å². The van der Waals surface area contributed by atoms with Crippen LogP contribution in [0.3, 0.4) is 0 Å². The smallest absolute Gasteiger partial charge is 0.0242 e. The van der Waals surface area contributed by atoms with Crippen molar-refractivity contribution in [1.82, 2.24) is 4.72 Å². The van der Waals surface area contributed by atoms with Crippen LogP contribution in [0.4, 0.5) is 0 Å². The van der Waals surface area contributed by atoms with E-state index in [1.807, 2.05) is 0 Å². The summed E-state index contributed by atoms with van der Waals surface area (Å²) in [6, 6.07) is 0. The quantitative estimate of drug-likeness (QED) is 0.370. The van der Waals surface area contributed by atoms with E-state index in [1.54, 1.807) is 11.9 Å². The molecule has 0 aliphatic heterocycles. The summed E-state index contributed by atoms with van der Waals surface area (Å²) in [4.78, 5) is 0. The van der Waals surface area contributed by atoms with Crippen molar-refractivity contribution in [2.24, 2.45) is 0 Å². The van der Waals surface area contributed by atoms with Gasteiger partial charge in [0, 0.05) is 12.3 Å². The van der Waals surface area contributed by atoms with Gasteiger partial charge in [-0.25, -0.2) is 0 Å². The van der Waals surface area contributed by atoms with Crippen molar-refractivity contribution in [1.29, 1.82) is 0 Å². The van der Waals surface area contributed by atoms with E-state index in [9.17, 15) is 0 Å². The molecule has 0 fully saturated rings. The molecule has 0 atom stereocenters. The first kappa shape index (κ1) is 9.05. The third-order valence-electron chi connectivity index (χ3n) is 0.840. The lowest BCUT2D eigenvalue weighted by Gasteiger charge is -1.95. The molecule has 0 bridgehead atoms. The molecule has 1 nitrogen and oxygen atoms in total. The number of allylic oxidation sites excluding steroid dienone is 1. The molecule has 0 saturated carbocycles. The second-order valence-corrected chi connectivity index (χ2v) is 3.22. The van der Waals surface area contributed by atoms with Crippen molar-refractivity contribution in [3.63, 3.8) is 0 Å². The maximum absolute atomic E-state index is 3.21. The van der Waals surface area contributed by atoms with Crippen molar-refractivity contribution < 1.29 is 0 Å². The molecule has 0 amide bonds. The van der Waals surface area contributed by atoms with Crippen LogP contribution in [0.1, 0.15) is 20.8 Å². The first-order valence-electron chi connectivity index (χ1n) is 3.25. The molecule has 0 unspecified atom stereocenters. The van der Waals surface area contributed by atoms with Gasteiger partial charge < -0.3 is 0 Å². The largest absolute Gasteiger partial charge is 0.260 e. The van der Waals surface area contributed by atoms with Gasteiger partial charge in [-0.05, 0) is 13.8 Å². The molecule has 0 radical (unpaired) electrons. The van der Waals surface area contributed by atoms with Gasteiger partial charge in [-0.15, -0.1) is 0 Å². The lowest BCUT2D eigenvalue weighted by atomic mass is 10.3. The molecule has 0 heterocycles. The summed E-state index contributed by atoms with van der Waals surface area (Å²) in [6.07, 6.45) is 2.18. The maximum atomic E-state index is 3.21. The average Bonchev–Trinajstić information content (AvgIpc) is 1.80. The van der Waals surface area contributed by atoms with Crippen LogP contribution in [-0.2, 0) is 0 Å². The molecule has 9 heavy (non-hydrogen) atoms. The Kier molecular flexibility index (Phi) is 6.21. The zero-order valence-electron chi connectivity index (χ0n) is 6.40. The highest BCUT2D eigenvalue weighted by Crippen LogP contribution is 1.91. The zero-order valence-corrected chi connectivity index (χ0v) is 7.22. The number of hydrogen-bond acceptors (Lipinski definition) is 2. The van der Waals surface area contributed by atoms with Gasteiger partial charge in [-0.1, -0.05) is 30.5 Å². The van der Waals surface area contributed by atoms with E-state index in [2.05, 4.69) is 31.6 Å². The van der Waals surface area contributed by atoms with Crippen LogP contribution in [-0.4, -0.2) is 12.3 Å². The predicted octanol–water partition coefficient (Wildman–Crippen LogP) is 2.21. The summed E-state index contributed by atoms with van der Waals surface area (Å²) in [6.45, 7) is 7.34. The van der Waals surface area contributed by atoms with E-state index in [1.165, 1.54) is 5.57 Å². The van der Waals surface area contributed by atoms with Gasteiger partial charge in [0.1, 0.15) is 0 Å². The van der Waals surface area contributed by atoms with Crippen LogP contribution in [0, 0.1) is 0 Å². The van der Waals surface area contributed by atoms with Crippen molar-refractivity contribution in [3.05, 3.63) is 11.6 Å². The summed E-state index contributed by atoms with van der Waals surface area (Å²) in [7, 11) is 0. The molecule has 2 heteroatoms. The SMILES string of the molecule is CCSNCC=C(C)C. The molecule has 0 saturated heterocycles. The van der Waals surface area contributed by atoms with E-state index < -0.39 is 0 Å². The first-order valence-corrected chi connectivity index (χ1v) is 4.24. The fourth-order valence-electron chi connectivity index (χ4n) is 0.407.